The Morgan fingerprint density at radius 2 is 1.77 bits per heavy atom. The zero-order valence-corrected chi connectivity index (χ0v) is 12.9. The van der Waals surface area contributed by atoms with Crippen molar-refractivity contribution in [3.8, 4) is 11.5 Å². The molecule has 0 aliphatic rings. The summed E-state index contributed by atoms with van der Waals surface area (Å²) in [7, 11) is 0. The van der Waals surface area contributed by atoms with Crippen LogP contribution in [-0.4, -0.2) is 17.5 Å². The Morgan fingerprint density at radius 3 is 2.55 bits per heavy atom. The fourth-order valence-electron chi connectivity index (χ4n) is 2.30. The molecule has 0 fully saturated rings. The lowest BCUT2D eigenvalue weighted by Crippen LogP contribution is -2.06. The maximum absolute atomic E-state index is 12.3. The first-order valence-corrected chi connectivity index (χ1v) is 7.74. The van der Waals surface area contributed by atoms with Crippen LogP contribution < -0.4 is 4.74 Å². The molecule has 0 unspecified atom stereocenters. The molecule has 0 aliphatic carbocycles. The average molecular weight is 298 g/mol. The van der Waals surface area contributed by atoms with Gasteiger partial charge in [-0.2, -0.15) is 0 Å². The highest BCUT2D eigenvalue weighted by Crippen LogP contribution is 2.23. The monoisotopic (exact) mass is 298 g/mol. The predicted molar refractivity (Wildman–Crippen MR) is 87.6 cm³/mol. The van der Waals surface area contributed by atoms with Crippen molar-refractivity contribution in [2.45, 2.75) is 32.6 Å². The summed E-state index contributed by atoms with van der Waals surface area (Å²) in [5, 5.41) is 9.78. The third kappa shape index (κ3) is 4.35. The second-order valence-electron chi connectivity index (χ2n) is 5.28. The molecule has 0 saturated carbocycles. The second-order valence-corrected chi connectivity index (χ2v) is 5.28. The largest absolute Gasteiger partial charge is 0.507 e. The number of rotatable bonds is 8. The Morgan fingerprint density at radius 1 is 1.05 bits per heavy atom. The summed E-state index contributed by atoms with van der Waals surface area (Å²) in [5.74, 6) is 0.666. The van der Waals surface area contributed by atoms with Gasteiger partial charge in [0.25, 0.3) is 0 Å². The smallest absolute Gasteiger partial charge is 0.171 e. The van der Waals surface area contributed by atoms with Crippen molar-refractivity contribution in [1.82, 2.24) is 0 Å². The van der Waals surface area contributed by atoms with Crippen LogP contribution in [0.1, 0.15) is 42.1 Å². The van der Waals surface area contributed by atoms with Crippen LogP contribution in [0.4, 0.5) is 0 Å². The van der Waals surface area contributed by atoms with Gasteiger partial charge in [-0.15, -0.1) is 0 Å². The van der Waals surface area contributed by atoms with Gasteiger partial charge in [-0.25, -0.2) is 0 Å². The fourth-order valence-corrected chi connectivity index (χ4v) is 2.30. The molecule has 1 N–H and O–H groups in total. The molecule has 0 spiro atoms. The van der Waals surface area contributed by atoms with E-state index in [9.17, 15) is 9.90 Å². The number of carbonyl (C=O) groups is 1. The van der Waals surface area contributed by atoms with Crippen LogP contribution in [0.5, 0.6) is 11.5 Å². The molecule has 0 aliphatic heterocycles. The Balaban J connectivity index is 2.06. The number of carbonyl (C=O) groups excluding carboxylic acids is 1. The maximum atomic E-state index is 12.3. The normalized spacial score (nSPS) is 10.4. The molecule has 3 heteroatoms. The minimum atomic E-state index is -0.109. The van der Waals surface area contributed by atoms with E-state index < -0.39 is 0 Å². The number of hydrogen-bond donors (Lipinski definition) is 1. The number of ketones is 1. The first-order chi connectivity index (χ1) is 10.7. The lowest BCUT2D eigenvalue weighted by molar-refractivity contribution is 0.0989. The van der Waals surface area contributed by atoms with Crippen LogP contribution in [0.2, 0.25) is 0 Å². The van der Waals surface area contributed by atoms with Crippen molar-refractivity contribution in [1.29, 1.82) is 0 Å². The van der Waals surface area contributed by atoms with Gasteiger partial charge in [0.15, 0.2) is 5.78 Å². The van der Waals surface area contributed by atoms with Gasteiger partial charge in [0.1, 0.15) is 11.5 Å². The van der Waals surface area contributed by atoms with Crippen molar-refractivity contribution in [3.05, 3.63) is 59.7 Å². The van der Waals surface area contributed by atoms with Gasteiger partial charge < -0.3 is 9.84 Å². The molecule has 2 aromatic rings. The molecule has 116 valence electrons. The van der Waals surface area contributed by atoms with Crippen LogP contribution in [0, 0.1) is 0 Å². The Bertz CT molecular complexity index is 620. The van der Waals surface area contributed by atoms with Crippen molar-refractivity contribution in [2.24, 2.45) is 0 Å². The average Bonchev–Trinajstić information content (AvgIpc) is 2.53. The van der Waals surface area contributed by atoms with Crippen molar-refractivity contribution in [3.63, 3.8) is 0 Å². The molecule has 2 rings (SSSR count). The van der Waals surface area contributed by atoms with E-state index in [-0.39, 0.29) is 18.0 Å². The molecule has 0 amide bonds. The van der Waals surface area contributed by atoms with Crippen molar-refractivity contribution in [2.75, 3.05) is 6.61 Å². The first-order valence-electron chi connectivity index (χ1n) is 7.74. The molecule has 0 saturated heterocycles. The third-order valence-electron chi connectivity index (χ3n) is 3.53. The van der Waals surface area contributed by atoms with E-state index in [1.807, 2.05) is 24.3 Å². The highest BCUT2D eigenvalue weighted by Gasteiger charge is 2.13. The number of phenolic OH excluding ortho intramolecular Hbond substituents is 1. The molecule has 0 aromatic heterocycles. The molecular weight excluding hydrogens is 276 g/mol. The summed E-state index contributed by atoms with van der Waals surface area (Å²) in [5.41, 5.74) is 1.20. The van der Waals surface area contributed by atoms with Crippen LogP contribution in [-0.2, 0) is 6.42 Å². The third-order valence-corrected chi connectivity index (χ3v) is 3.53. The van der Waals surface area contributed by atoms with E-state index in [1.54, 1.807) is 18.2 Å². The lowest BCUT2D eigenvalue weighted by atomic mass is 10.0. The number of phenols is 1. The van der Waals surface area contributed by atoms with E-state index in [1.165, 1.54) is 6.07 Å². The Kier molecular flexibility index (Phi) is 6.01. The van der Waals surface area contributed by atoms with Gasteiger partial charge in [0, 0.05) is 12.0 Å². The number of hydrogen-bond acceptors (Lipinski definition) is 3. The van der Waals surface area contributed by atoms with Gasteiger partial charge in [-0.3, -0.25) is 4.79 Å². The van der Waals surface area contributed by atoms with E-state index in [0.29, 0.717) is 12.2 Å². The second kappa shape index (κ2) is 8.23. The number of benzene rings is 2. The van der Waals surface area contributed by atoms with Crippen molar-refractivity contribution >= 4 is 5.78 Å². The molecule has 0 atom stereocenters. The Hall–Kier alpha value is -2.29. The number of Topliss-reactive ketones (excluding diaryl/α,β-unsaturated/α-hetero) is 1. The summed E-state index contributed by atoms with van der Waals surface area (Å²) >= 11 is 0. The van der Waals surface area contributed by atoms with Crippen LogP contribution in [0.15, 0.2) is 48.5 Å². The minimum absolute atomic E-state index is 0.0221. The molecule has 0 radical (unpaired) electrons. The maximum Gasteiger partial charge on any atom is 0.171 e. The molecule has 22 heavy (non-hydrogen) atoms. The van der Waals surface area contributed by atoms with Gasteiger partial charge in [-0.05, 0) is 24.6 Å². The first kappa shape index (κ1) is 16.1. The van der Waals surface area contributed by atoms with Crippen LogP contribution in [0.3, 0.4) is 0 Å². The summed E-state index contributed by atoms with van der Waals surface area (Å²) in [6.07, 6.45) is 3.52. The quantitative estimate of drug-likeness (QED) is 0.581. The number of para-hydroxylation sites is 2. The molecular formula is C19H22O3. The zero-order valence-electron chi connectivity index (χ0n) is 12.9. The van der Waals surface area contributed by atoms with E-state index in [0.717, 1.165) is 30.6 Å². The minimum Gasteiger partial charge on any atom is -0.507 e. The summed E-state index contributed by atoms with van der Waals surface area (Å²) < 4.78 is 5.79. The number of aromatic hydroxyl groups is 1. The molecule has 0 bridgehead atoms. The number of ether oxygens (including phenoxy) is 1. The summed E-state index contributed by atoms with van der Waals surface area (Å²) in [6.45, 7) is 2.81. The van der Waals surface area contributed by atoms with Gasteiger partial charge >= 0.3 is 0 Å². The highest BCUT2D eigenvalue weighted by molar-refractivity contribution is 6.00. The standard InChI is InChI=1S/C19H22O3/c1-2-3-8-13-22-19-12-7-4-9-15(19)14-18(21)16-10-5-6-11-17(16)20/h4-7,9-12,20H,2-3,8,13-14H2,1H3. The number of unbranched alkanes of at least 4 members (excludes halogenated alkanes) is 2. The van der Waals surface area contributed by atoms with Crippen LogP contribution >= 0.6 is 0 Å². The van der Waals surface area contributed by atoms with E-state index >= 15 is 0 Å². The van der Waals surface area contributed by atoms with Gasteiger partial charge in [-0.1, -0.05) is 50.1 Å². The summed E-state index contributed by atoms with van der Waals surface area (Å²) in [4.78, 5) is 12.3. The predicted octanol–water partition coefficient (Wildman–Crippen LogP) is 4.39. The summed E-state index contributed by atoms with van der Waals surface area (Å²) in [6, 6.07) is 14.2. The molecule has 0 heterocycles. The van der Waals surface area contributed by atoms with Crippen LogP contribution in [0.25, 0.3) is 0 Å². The van der Waals surface area contributed by atoms with Gasteiger partial charge in [0.2, 0.25) is 0 Å². The van der Waals surface area contributed by atoms with E-state index in [4.69, 9.17) is 4.74 Å². The SMILES string of the molecule is CCCCCOc1ccccc1CC(=O)c1ccccc1O. The topological polar surface area (TPSA) is 46.5 Å². The Labute approximate surface area is 131 Å². The fraction of sp³-hybridized carbons (Fsp3) is 0.316. The van der Waals surface area contributed by atoms with E-state index in [2.05, 4.69) is 6.92 Å². The molecule has 2 aromatic carbocycles. The lowest BCUT2D eigenvalue weighted by Gasteiger charge is -2.11. The highest BCUT2D eigenvalue weighted by atomic mass is 16.5. The zero-order chi connectivity index (χ0) is 15.8. The van der Waals surface area contributed by atoms with Crippen molar-refractivity contribution < 1.29 is 14.6 Å². The van der Waals surface area contributed by atoms with Gasteiger partial charge in [0.05, 0.1) is 12.2 Å². The molecule has 3 nitrogen and oxygen atoms in total.